The average molecular weight is 451 g/mol. The van der Waals surface area contributed by atoms with Crippen LogP contribution >= 0.6 is 0 Å². The minimum absolute atomic E-state index is 0.0415. The molecule has 0 aromatic heterocycles. The normalized spacial score (nSPS) is 19.7. The summed E-state index contributed by atoms with van der Waals surface area (Å²) in [4.78, 5) is 38.6. The van der Waals surface area contributed by atoms with Crippen molar-refractivity contribution in [1.29, 1.82) is 0 Å². The van der Waals surface area contributed by atoms with Crippen molar-refractivity contribution in [2.24, 2.45) is 11.3 Å². The van der Waals surface area contributed by atoms with Gasteiger partial charge >= 0.3 is 12.1 Å². The molecule has 0 saturated carbocycles. The Kier molecular flexibility index (Phi) is 6.15. The second-order valence-electron chi connectivity index (χ2n) is 9.61. The number of aliphatic carboxylic acids is 1. The van der Waals surface area contributed by atoms with Crippen molar-refractivity contribution in [3.8, 4) is 11.1 Å². The molecule has 2 N–H and O–H groups in total. The molecule has 0 radical (unpaired) electrons. The number of carbonyl (C=O) groups excluding carboxylic acids is 2. The number of amides is 2. The Bertz CT molecular complexity index is 1030. The van der Waals surface area contributed by atoms with E-state index < -0.39 is 23.5 Å². The lowest BCUT2D eigenvalue weighted by atomic mass is 9.90. The van der Waals surface area contributed by atoms with Gasteiger partial charge in [0, 0.05) is 19.0 Å². The van der Waals surface area contributed by atoms with E-state index in [0.29, 0.717) is 13.0 Å². The highest BCUT2D eigenvalue weighted by molar-refractivity contribution is 5.88. The molecule has 0 spiro atoms. The number of rotatable bonds is 6. The van der Waals surface area contributed by atoms with Gasteiger partial charge in [-0.25, -0.2) is 9.59 Å². The molecule has 1 saturated heterocycles. The summed E-state index contributed by atoms with van der Waals surface area (Å²) < 4.78 is 5.55. The van der Waals surface area contributed by atoms with E-state index >= 15 is 0 Å². The van der Waals surface area contributed by atoms with E-state index in [-0.39, 0.29) is 30.9 Å². The SMILES string of the molecule is CC1CCN(C(=O)C(C)(C)CNC(=O)OCC2c3ccccc3-c3ccccc32)C1C(=O)O. The first kappa shape index (κ1) is 22.8. The molecule has 1 aliphatic carbocycles. The van der Waals surface area contributed by atoms with Crippen molar-refractivity contribution in [1.82, 2.24) is 10.2 Å². The molecular weight excluding hydrogens is 420 g/mol. The van der Waals surface area contributed by atoms with E-state index in [2.05, 4.69) is 29.6 Å². The zero-order valence-corrected chi connectivity index (χ0v) is 19.2. The smallest absolute Gasteiger partial charge is 0.407 e. The lowest BCUT2D eigenvalue weighted by Gasteiger charge is -2.32. The van der Waals surface area contributed by atoms with Gasteiger partial charge in [0.15, 0.2) is 0 Å². The van der Waals surface area contributed by atoms with Crippen LogP contribution in [0.5, 0.6) is 0 Å². The number of alkyl carbamates (subject to hydrolysis) is 1. The van der Waals surface area contributed by atoms with E-state index in [9.17, 15) is 19.5 Å². The molecule has 174 valence electrons. The first-order valence-electron chi connectivity index (χ1n) is 11.3. The van der Waals surface area contributed by atoms with Gasteiger partial charge in [-0.15, -0.1) is 0 Å². The Morgan fingerprint density at radius 1 is 1.06 bits per heavy atom. The molecule has 2 amide bonds. The molecule has 2 atom stereocenters. The van der Waals surface area contributed by atoms with Gasteiger partial charge in [0.1, 0.15) is 12.6 Å². The molecule has 2 aromatic carbocycles. The number of carboxylic acids is 1. The molecule has 1 aliphatic heterocycles. The lowest BCUT2D eigenvalue weighted by Crippen LogP contribution is -2.51. The summed E-state index contributed by atoms with van der Waals surface area (Å²) in [6.07, 6.45) is 0.0563. The first-order valence-corrected chi connectivity index (χ1v) is 11.3. The van der Waals surface area contributed by atoms with Crippen LogP contribution in [-0.2, 0) is 14.3 Å². The molecule has 2 unspecified atom stereocenters. The van der Waals surface area contributed by atoms with E-state index in [4.69, 9.17) is 4.74 Å². The molecule has 7 heteroatoms. The molecular formula is C26H30N2O5. The predicted octanol–water partition coefficient (Wildman–Crippen LogP) is 3.87. The van der Waals surface area contributed by atoms with Crippen LogP contribution < -0.4 is 5.32 Å². The van der Waals surface area contributed by atoms with Crippen molar-refractivity contribution < 1.29 is 24.2 Å². The Labute approximate surface area is 193 Å². The average Bonchev–Trinajstić information content (AvgIpc) is 3.34. The van der Waals surface area contributed by atoms with Gasteiger partial charge in [-0.1, -0.05) is 55.5 Å². The van der Waals surface area contributed by atoms with Crippen LogP contribution in [0.2, 0.25) is 0 Å². The third-order valence-corrected chi connectivity index (χ3v) is 6.81. The lowest BCUT2D eigenvalue weighted by molar-refractivity contribution is -0.153. The van der Waals surface area contributed by atoms with Crippen LogP contribution in [0.3, 0.4) is 0 Å². The molecule has 0 bridgehead atoms. The molecule has 33 heavy (non-hydrogen) atoms. The van der Waals surface area contributed by atoms with Crippen LogP contribution in [0.15, 0.2) is 48.5 Å². The van der Waals surface area contributed by atoms with Crippen LogP contribution in [0.4, 0.5) is 4.79 Å². The maximum Gasteiger partial charge on any atom is 0.407 e. The summed E-state index contributed by atoms with van der Waals surface area (Å²) in [5, 5.41) is 12.2. The van der Waals surface area contributed by atoms with Gasteiger partial charge in [0.05, 0.1) is 5.41 Å². The van der Waals surface area contributed by atoms with E-state index in [0.717, 1.165) is 22.3 Å². The number of benzene rings is 2. The molecule has 4 rings (SSSR count). The molecule has 1 heterocycles. The highest BCUT2D eigenvalue weighted by atomic mass is 16.5. The summed E-state index contributed by atoms with van der Waals surface area (Å²) in [6.45, 7) is 5.92. The number of hydrogen-bond donors (Lipinski definition) is 2. The van der Waals surface area contributed by atoms with Gasteiger partial charge in [-0.2, -0.15) is 0 Å². The fraction of sp³-hybridized carbons (Fsp3) is 0.423. The van der Waals surface area contributed by atoms with Crippen molar-refractivity contribution in [3.05, 3.63) is 59.7 Å². The van der Waals surface area contributed by atoms with Gasteiger partial charge < -0.3 is 20.1 Å². The van der Waals surface area contributed by atoms with Gasteiger partial charge in [0.25, 0.3) is 0 Å². The summed E-state index contributed by atoms with van der Waals surface area (Å²) in [5.41, 5.74) is 3.61. The summed E-state index contributed by atoms with van der Waals surface area (Å²) >= 11 is 0. The molecule has 7 nitrogen and oxygen atoms in total. The highest BCUT2D eigenvalue weighted by Crippen LogP contribution is 2.44. The van der Waals surface area contributed by atoms with E-state index in [1.165, 1.54) is 4.90 Å². The van der Waals surface area contributed by atoms with Crippen LogP contribution in [0.1, 0.15) is 44.2 Å². The van der Waals surface area contributed by atoms with Crippen molar-refractivity contribution in [3.63, 3.8) is 0 Å². The Morgan fingerprint density at radius 2 is 1.64 bits per heavy atom. The third-order valence-electron chi connectivity index (χ3n) is 6.81. The first-order chi connectivity index (χ1) is 15.7. The largest absolute Gasteiger partial charge is 0.480 e. The van der Waals surface area contributed by atoms with Gasteiger partial charge in [0.2, 0.25) is 5.91 Å². The number of fused-ring (bicyclic) bond motifs is 3. The second-order valence-corrected chi connectivity index (χ2v) is 9.61. The second kappa shape index (κ2) is 8.89. The Hall–Kier alpha value is -3.35. The zero-order valence-electron chi connectivity index (χ0n) is 19.2. The maximum absolute atomic E-state index is 13.1. The minimum atomic E-state index is -0.992. The zero-order chi connectivity index (χ0) is 23.8. The fourth-order valence-corrected chi connectivity index (χ4v) is 4.96. The van der Waals surface area contributed by atoms with Gasteiger partial charge in [-0.3, -0.25) is 4.79 Å². The third kappa shape index (κ3) is 4.32. The van der Waals surface area contributed by atoms with E-state index in [1.807, 2.05) is 31.2 Å². The number of likely N-dealkylation sites (tertiary alicyclic amines) is 1. The molecule has 1 fully saturated rings. The van der Waals surface area contributed by atoms with Crippen molar-refractivity contribution in [2.75, 3.05) is 19.7 Å². The Morgan fingerprint density at radius 3 is 2.21 bits per heavy atom. The van der Waals surface area contributed by atoms with Crippen LogP contribution in [0.25, 0.3) is 11.1 Å². The molecule has 2 aliphatic rings. The Balaban J connectivity index is 1.36. The number of hydrogen-bond acceptors (Lipinski definition) is 4. The highest BCUT2D eigenvalue weighted by Gasteiger charge is 2.44. The van der Waals surface area contributed by atoms with Crippen LogP contribution in [-0.4, -0.2) is 53.7 Å². The predicted molar refractivity (Wildman–Crippen MR) is 124 cm³/mol. The maximum atomic E-state index is 13.1. The molecule has 2 aromatic rings. The fourth-order valence-electron chi connectivity index (χ4n) is 4.96. The number of carbonyl (C=O) groups is 3. The minimum Gasteiger partial charge on any atom is -0.480 e. The standard InChI is InChI=1S/C26H30N2O5/c1-16-12-13-28(22(16)23(29)30)24(31)26(2,3)15-27-25(32)33-14-21-19-10-6-4-8-17(19)18-9-5-7-11-20(18)21/h4-11,16,21-22H,12-15H2,1-3H3,(H,27,32)(H,29,30). The monoisotopic (exact) mass is 450 g/mol. The number of nitrogens with zero attached hydrogens (tertiary/aromatic N) is 1. The quantitative estimate of drug-likeness (QED) is 0.697. The van der Waals surface area contributed by atoms with Crippen molar-refractivity contribution >= 4 is 18.0 Å². The number of nitrogens with one attached hydrogen (secondary N) is 1. The summed E-state index contributed by atoms with van der Waals surface area (Å²) in [5.74, 6) is -1.41. The summed E-state index contributed by atoms with van der Waals surface area (Å²) in [7, 11) is 0. The van der Waals surface area contributed by atoms with Gasteiger partial charge in [-0.05, 0) is 48.4 Å². The number of carboxylic acid groups (broad SMARTS) is 1. The van der Waals surface area contributed by atoms with Crippen LogP contribution in [0, 0.1) is 11.3 Å². The number of ether oxygens (including phenoxy) is 1. The topological polar surface area (TPSA) is 95.9 Å². The summed E-state index contributed by atoms with van der Waals surface area (Å²) in [6, 6.07) is 15.4. The van der Waals surface area contributed by atoms with E-state index in [1.54, 1.807) is 13.8 Å². The van der Waals surface area contributed by atoms with Crippen molar-refractivity contribution in [2.45, 2.75) is 39.2 Å².